The van der Waals surface area contributed by atoms with E-state index in [1.165, 1.54) is 0 Å². The van der Waals surface area contributed by atoms with Gasteiger partial charge < -0.3 is 10.4 Å². The van der Waals surface area contributed by atoms with Crippen LogP contribution < -0.4 is 5.32 Å². The Balaban J connectivity index is 2.03. The molecule has 0 saturated heterocycles. The molecule has 0 saturated carbocycles. The molecule has 0 unspecified atom stereocenters. The van der Waals surface area contributed by atoms with Gasteiger partial charge in [0.05, 0.1) is 30.5 Å². The van der Waals surface area contributed by atoms with Gasteiger partial charge in [0.15, 0.2) is 0 Å². The number of hydrogen-bond acceptors (Lipinski definition) is 5. The highest BCUT2D eigenvalue weighted by molar-refractivity contribution is 5.56. The number of nitrogens with one attached hydrogen (secondary N) is 1. The minimum absolute atomic E-state index is 0.0513. The molecule has 1 heterocycles. The van der Waals surface area contributed by atoms with Gasteiger partial charge in [0.2, 0.25) is 0 Å². The predicted octanol–water partition coefficient (Wildman–Crippen LogP) is 1.23. The highest BCUT2D eigenvalue weighted by Crippen LogP contribution is 2.15. The van der Waals surface area contributed by atoms with Crippen LogP contribution in [0.4, 0.5) is 5.69 Å². The number of anilines is 1. The first-order valence-electron chi connectivity index (χ1n) is 6.07. The maximum atomic E-state index is 8.96. The van der Waals surface area contributed by atoms with E-state index < -0.39 is 0 Å². The van der Waals surface area contributed by atoms with Gasteiger partial charge in [0, 0.05) is 24.0 Å². The van der Waals surface area contributed by atoms with Crippen molar-refractivity contribution in [2.75, 3.05) is 11.9 Å². The molecule has 0 fully saturated rings. The quantitative estimate of drug-likeness (QED) is 0.849. The molecule has 1 aromatic carbocycles. The SMILES string of the molecule is N#Cc1ccc(NCc2cnn(CCO)c2)cc1C#N. The van der Waals surface area contributed by atoms with E-state index >= 15 is 0 Å². The summed E-state index contributed by atoms with van der Waals surface area (Å²) in [4.78, 5) is 0. The fourth-order valence-corrected chi connectivity index (χ4v) is 1.77. The Kier molecular flexibility index (Phi) is 4.33. The molecule has 0 atom stereocenters. The molecule has 100 valence electrons. The van der Waals surface area contributed by atoms with Crippen molar-refractivity contribution in [1.29, 1.82) is 10.5 Å². The molecule has 2 N–H and O–H groups in total. The largest absolute Gasteiger partial charge is 0.394 e. The predicted molar refractivity (Wildman–Crippen MR) is 72.5 cm³/mol. The van der Waals surface area contributed by atoms with Gasteiger partial charge in [-0.2, -0.15) is 15.6 Å². The Labute approximate surface area is 116 Å². The first kappa shape index (κ1) is 13.6. The molecule has 0 aliphatic carbocycles. The molecule has 0 amide bonds. The normalized spacial score (nSPS) is 9.75. The molecule has 0 bridgehead atoms. The van der Waals surface area contributed by atoms with Crippen LogP contribution in [0, 0.1) is 22.7 Å². The van der Waals surface area contributed by atoms with Crippen molar-refractivity contribution < 1.29 is 5.11 Å². The summed E-state index contributed by atoms with van der Waals surface area (Å²) in [5.74, 6) is 0. The third-order valence-corrected chi connectivity index (χ3v) is 2.77. The molecular formula is C14H13N5O. The van der Waals surface area contributed by atoms with Crippen LogP contribution in [0.3, 0.4) is 0 Å². The molecule has 0 spiro atoms. The summed E-state index contributed by atoms with van der Waals surface area (Å²) >= 11 is 0. The van der Waals surface area contributed by atoms with Gasteiger partial charge in [-0.25, -0.2) is 0 Å². The maximum Gasteiger partial charge on any atom is 0.101 e. The van der Waals surface area contributed by atoms with E-state index in [0.717, 1.165) is 11.3 Å². The van der Waals surface area contributed by atoms with Gasteiger partial charge in [0.1, 0.15) is 12.1 Å². The number of rotatable bonds is 5. The van der Waals surface area contributed by atoms with Crippen LogP contribution in [0.1, 0.15) is 16.7 Å². The van der Waals surface area contributed by atoms with Gasteiger partial charge in [0.25, 0.3) is 0 Å². The molecular weight excluding hydrogens is 254 g/mol. The molecule has 20 heavy (non-hydrogen) atoms. The topological polar surface area (TPSA) is 97.7 Å². The Bertz CT molecular complexity index is 678. The van der Waals surface area contributed by atoms with Crippen LogP contribution in [-0.2, 0) is 13.1 Å². The number of aromatic nitrogens is 2. The van der Waals surface area contributed by atoms with Crippen molar-refractivity contribution in [2.24, 2.45) is 0 Å². The second kappa shape index (κ2) is 6.37. The van der Waals surface area contributed by atoms with Crippen LogP contribution in [0.5, 0.6) is 0 Å². The van der Waals surface area contributed by atoms with Gasteiger partial charge >= 0.3 is 0 Å². The molecule has 2 rings (SSSR count). The van der Waals surface area contributed by atoms with E-state index in [0.29, 0.717) is 24.2 Å². The lowest BCUT2D eigenvalue weighted by Crippen LogP contribution is -2.02. The fourth-order valence-electron chi connectivity index (χ4n) is 1.77. The van der Waals surface area contributed by atoms with Gasteiger partial charge in [-0.3, -0.25) is 4.68 Å². The van der Waals surface area contributed by atoms with E-state index in [1.807, 2.05) is 18.3 Å². The van der Waals surface area contributed by atoms with Crippen LogP contribution in [0.15, 0.2) is 30.6 Å². The van der Waals surface area contributed by atoms with Crippen LogP contribution >= 0.6 is 0 Å². The highest BCUT2D eigenvalue weighted by atomic mass is 16.3. The van der Waals surface area contributed by atoms with E-state index in [9.17, 15) is 0 Å². The monoisotopic (exact) mass is 267 g/mol. The first-order valence-corrected chi connectivity index (χ1v) is 6.07. The number of nitrogens with zero attached hydrogens (tertiary/aromatic N) is 4. The lowest BCUT2D eigenvalue weighted by molar-refractivity contribution is 0.269. The molecule has 1 aromatic heterocycles. The average molecular weight is 267 g/mol. The van der Waals surface area contributed by atoms with E-state index in [2.05, 4.69) is 10.4 Å². The van der Waals surface area contributed by atoms with Crippen LogP contribution in [0.25, 0.3) is 0 Å². The third-order valence-electron chi connectivity index (χ3n) is 2.77. The Morgan fingerprint density at radius 1 is 1.25 bits per heavy atom. The van der Waals surface area contributed by atoms with Gasteiger partial charge in [-0.1, -0.05) is 0 Å². The number of hydrogen-bond donors (Lipinski definition) is 2. The zero-order valence-corrected chi connectivity index (χ0v) is 10.7. The summed E-state index contributed by atoms with van der Waals surface area (Å²) in [5, 5.41) is 33.9. The standard InChI is InChI=1S/C14H13N5O/c15-6-12-1-2-14(5-13(12)7-16)17-8-11-9-18-19(10-11)3-4-20/h1-2,5,9-10,17,20H,3-4,8H2. The average Bonchev–Trinajstić information content (AvgIpc) is 2.93. The zero-order valence-electron chi connectivity index (χ0n) is 10.7. The Hall–Kier alpha value is -2.83. The third kappa shape index (κ3) is 3.14. The first-order chi connectivity index (χ1) is 9.76. The summed E-state index contributed by atoms with van der Waals surface area (Å²) < 4.78 is 1.66. The van der Waals surface area contributed by atoms with Crippen LogP contribution in [-0.4, -0.2) is 21.5 Å². The van der Waals surface area contributed by atoms with Crippen molar-refractivity contribution in [3.05, 3.63) is 47.3 Å². The van der Waals surface area contributed by atoms with Crippen molar-refractivity contribution >= 4 is 5.69 Å². The van der Waals surface area contributed by atoms with Crippen molar-refractivity contribution in [3.63, 3.8) is 0 Å². The zero-order chi connectivity index (χ0) is 14.4. The molecule has 0 radical (unpaired) electrons. The van der Waals surface area contributed by atoms with Crippen LogP contribution in [0.2, 0.25) is 0 Å². The van der Waals surface area contributed by atoms with Gasteiger partial charge in [-0.15, -0.1) is 0 Å². The summed E-state index contributed by atoms with van der Waals surface area (Å²) in [6.45, 7) is 1.08. The van der Waals surface area contributed by atoms with E-state index in [4.69, 9.17) is 15.6 Å². The summed E-state index contributed by atoms with van der Waals surface area (Å²) in [6, 6.07) is 9.01. The smallest absolute Gasteiger partial charge is 0.101 e. The highest BCUT2D eigenvalue weighted by Gasteiger charge is 2.03. The van der Waals surface area contributed by atoms with E-state index in [1.54, 1.807) is 29.1 Å². The summed E-state index contributed by atoms with van der Waals surface area (Å²) in [5.41, 5.74) is 2.47. The second-order valence-electron chi connectivity index (χ2n) is 4.17. The molecule has 0 aliphatic rings. The minimum Gasteiger partial charge on any atom is -0.394 e. The summed E-state index contributed by atoms with van der Waals surface area (Å²) in [7, 11) is 0. The second-order valence-corrected chi connectivity index (χ2v) is 4.17. The number of aliphatic hydroxyl groups is 1. The molecule has 0 aliphatic heterocycles. The molecule has 6 heteroatoms. The summed E-state index contributed by atoms with van der Waals surface area (Å²) in [6.07, 6.45) is 3.57. The molecule has 6 nitrogen and oxygen atoms in total. The van der Waals surface area contributed by atoms with Gasteiger partial charge in [-0.05, 0) is 18.2 Å². The van der Waals surface area contributed by atoms with Crippen molar-refractivity contribution in [2.45, 2.75) is 13.1 Å². The maximum absolute atomic E-state index is 8.96. The number of benzene rings is 1. The molecule has 2 aromatic rings. The van der Waals surface area contributed by atoms with Crippen molar-refractivity contribution in [1.82, 2.24) is 9.78 Å². The number of nitriles is 2. The van der Waals surface area contributed by atoms with Crippen molar-refractivity contribution in [3.8, 4) is 12.1 Å². The number of aliphatic hydroxyl groups excluding tert-OH is 1. The lowest BCUT2D eigenvalue weighted by Gasteiger charge is -2.05. The fraction of sp³-hybridized carbons (Fsp3) is 0.214. The Morgan fingerprint density at radius 2 is 2.05 bits per heavy atom. The Morgan fingerprint density at radius 3 is 2.75 bits per heavy atom. The minimum atomic E-state index is 0.0513. The van der Waals surface area contributed by atoms with E-state index in [-0.39, 0.29) is 6.61 Å². The lowest BCUT2D eigenvalue weighted by atomic mass is 10.1.